The van der Waals surface area contributed by atoms with Crippen LogP contribution in [-0.4, -0.2) is 29.3 Å². The molecule has 1 N–H and O–H groups in total. The van der Waals surface area contributed by atoms with Crippen molar-refractivity contribution in [2.75, 3.05) is 19.0 Å². The third-order valence-electron chi connectivity index (χ3n) is 2.60. The van der Waals surface area contributed by atoms with E-state index in [2.05, 4.69) is 49.1 Å². The topological polar surface area (TPSA) is 39.1 Å². The van der Waals surface area contributed by atoms with Crippen molar-refractivity contribution in [2.45, 2.75) is 13.0 Å². The van der Waals surface area contributed by atoms with Crippen LogP contribution in [0.4, 0.5) is 5.95 Å². The van der Waals surface area contributed by atoms with Gasteiger partial charge in [0, 0.05) is 34.5 Å². The second kappa shape index (κ2) is 6.54. The fourth-order valence-electron chi connectivity index (χ4n) is 1.79. The quantitative estimate of drug-likeness (QED) is 0.845. The van der Waals surface area contributed by atoms with E-state index in [-0.39, 0.29) is 6.04 Å². The first kappa shape index (κ1) is 14.6. The molecule has 1 aromatic carbocycles. The second-order valence-corrected chi connectivity index (χ2v) is 5.99. The number of benzene rings is 1. The molecule has 1 atom stereocenters. The lowest BCUT2D eigenvalue weighted by Gasteiger charge is -2.16. The molecule has 19 heavy (non-hydrogen) atoms. The average Bonchev–Trinajstić information content (AvgIpc) is 2.80. The molecular formula is C13H15Br2N3O. The number of aromatic nitrogens is 2. The molecule has 0 amide bonds. The van der Waals surface area contributed by atoms with Gasteiger partial charge in [0.25, 0.3) is 0 Å². The molecule has 1 heterocycles. The smallest absolute Gasteiger partial charge is 0.207 e. The highest BCUT2D eigenvalue weighted by Gasteiger charge is 2.11. The number of rotatable bonds is 5. The van der Waals surface area contributed by atoms with E-state index in [4.69, 9.17) is 4.74 Å². The maximum Gasteiger partial charge on any atom is 0.207 e. The second-order valence-electron chi connectivity index (χ2n) is 4.22. The molecule has 0 aliphatic carbocycles. The van der Waals surface area contributed by atoms with Gasteiger partial charge < -0.3 is 10.1 Å². The van der Waals surface area contributed by atoms with Crippen molar-refractivity contribution < 1.29 is 4.74 Å². The van der Waals surface area contributed by atoms with Gasteiger partial charge in [-0.15, -0.1) is 0 Å². The van der Waals surface area contributed by atoms with Crippen LogP contribution in [0.15, 0.2) is 39.5 Å². The lowest BCUT2D eigenvalue weighted by atomic mass is 10.3. The van der Waals surface area contributed by atoms with Gasteiger partial charge in [-0.2, -0.15) is 0 Å². The minimum absolute atomic E-state index is 0.192. The molecule has 6 heteroatoms. The number of imidazole rings is 1. The molecule has 0 saturated heterocycles. The Morgan fingerprint density at radius 3 is 2.95 bits per heavy atom. The summed E-state index contributed by atoms with van der Waals surface area (Å²) >= 11 is 7.05. The van der Waals surface area contributed by atoms with Gasteiger partial charge in [-0.1, -0.05) is 15.9 Å². The van der Waals surface area contributed by atoms with Crippen LogP contribution in [0, 0.1) is 0 Å². The number of ether oxygens (including phenoxy) is 1. The number of methoxy groups -OCH3 is 1. The third-order valence-corrected chi connectivity index (χ3v) is 3.76. The summed E-state index contributed by atoms with van der Waals surface area (Å²) < 4.78 is 9.16. The molecule has 0 fully saturated rings. The first-order chi connectivity index (χ1) is 9.11. The molecule has 1 unspecified atom stereocenters. The summed E-state index contributed by atoms with van der Waals surface area (Å²) in [5.74, 6) is 0.795. The van der Waals surface area contributed by atoms with Crippen LogP contribution in [0.25, 0.3) is 5.69 Å². The van der Waals surface area contributed by atoms with Crippen LogP contribution in [0.2, 0.25) is 0 Å². The predicted molar refractivity (Wildman–Crippen MR) is 83.9 cm³/mol. The Bertz CT molecular complexity index is 557. The van der Waals surface area contributed by atoms with E-state index in [1.165, 1.54) is 0 Å². The summed E-state index contributed by atoms with van der Waals surface area (Å²) in [5, 5.41) is 3.33. The molecule has 2 aromatic rings. The van der Waals surface area contributed by atoms with Crippen LogP contribution >= 0.6 is 31.9 Å². The van der Waals surface area contributed by atoms with E-state index >= 15 is 0 Å². The van der Waals surface area contributed by atoms with E-state index in [0.717, 1.165) is 20.6 Å². The van der Waals surface area contributed by atoms with Crippen molar-refractivity contribution in [1.29, 1.82) is 0 Å². The molecule has 0 radical (unpaired) electrons. The lowest BCUT2D eigenvalue weighted by molar-refractivity contribution is 0.190. The van der Waals surface area contributed by atoms with Crippen LogP contribution < -0.4 is 5.32 Å². The van der Waals surface area contributed by atoms with Crippen molar-refractivity contribution in [1.82, 2.24) is 9.55 Å². The average molecular weight is 389 g/mol. The van der Waals surface area contributed by atoms with Crippen molar-refractivity contribution in [2.24, 2.45) is 0 Å². The van der Waals surface area contributed by atoms with Crippen molar-refractivity contribution >= 4 is 37.8 Å². The Labute approximate surface area is 129 Å². The summed E-state index contributed by atoms with van der Waals surface area (Å²) in [6.45, 7) is 2.69. The van der Waals surface area contributed by atoms with Crippen LogP contribution in [0.1, 0.15) is 6.92 Å². The number of halogens is 2. The zero-order chi connectivity index (χ0) is 13.8. The van der Waals surface area contributed by atoms with E-state index in [1.807, 2.05) is 29.0 Å². The number of hydrogen-bond acceptors (Lipinski definition) is 3. The van der Waals surface area contributed by atoms with Crippen molar-refractivity contribution in [3.05, 3.63) is 39.5 Å². The Kier molecular flexibility index (Phi) is 5.01. The van der Waals surface area contributed by atoms with Crippen LogP contribution in [0.3, 0.4) is 0 Å². The third kappa shape index (κ3) is 3.58. The number of nitrogens with zero attached hydrogens (tertiary/aromatic N) is 2. The highest BCUT2D eigenvalue weighted by molar-refractivity contribution is 9.11. The Balaban J connectivity index is 2.31. The summed E-state index contributed by atoms with van der Waals surface area (Å²) in [6, 6.07) is 6.22. The first-order valence-corrected chi connectivity index (χ1v) is 7.44. The number of anilines is 1. The largest absolute Gasteiger partial charge is 0.383 e. The zero-order valence-electron chi connectivity index (χ0n) is 10.7. The molecule has 2 rings (SSSR count). The standard InChI is InChI=1S/C13H15Br2N3O/c1-9(8-19-2)17-13-16-5-6-18(13)12-7-10(14)3-4-11(12)15/h3-7,9H,8H2,1-2H3,(H,16,17). The van der Waals surface area contributed by atoms with Gasteiger partial charge in [0.15, 0.2) is 0 Å². The van der Waals surface area contributed by atoms with Crippen molar-refractivity contribution in [3.8, 4) is 5.69 Å². The fourth-order valence-corrected chi connectivity index (χ4v) is 2.57. The van der Waals surface area contributed by atoms with Gasteiger partial charge >= 0.3 is 0 Å². The van der Waals surface area contributed by atoms with Crippen LogP contribution in [0.5, 0.6) is 0 Å². The number of nitrogens with one attached hydrogen (secondary N) is 1. The maximum absolute atomic E-state index is 5.12. The Morgan fingerprint density at radius 2 is 2.21 bits per heavy atom. The minimum Gasteiger partial charge on any atom is -0.383 e. The van der Waals surface area contributed by atoms with E-state index < -0.39 is 0 Å². The van der Waals surface area contributed by atoms with Gasteiger partial charge in [0.05, 0.1) is 12.3 Å². The van der Waals surface area contributed by atoms with Gasteiger partial charge in [0.2, 0.25) is 5.95 Å². The summed E-state index contributed by atoms with van der Waals surface area (Å²) in [6.07, 6.45) is 3.70. The molecule has 0 aliphatic rings. The minimum atomic E-state index is 0.192. The fraction of sp³-hybridized carbons (Fsp3) is 0.308. The normalized spacial score (nSPS) is 12.4. The molecule has 4 nitrogen and oxygen atoms in total. The highest BCUT2D eigenvalue weighted by Crippen LogP contribution is 2.27. The number of hydrogen-bond donors (Lipinski definition) is 1. The van der Waals surface area contributed by atoms with E-state index in [0.29, 0.717) is 6.61 Å². The summed E-state index contributed by atoms with van der Waals surface area (Å²) in [5.41, 5.74) is 1.03. The monoisotopic (exact) mass is 387 g/mol. The lowest BCUT2D eigenvalue weighted by Crippen LogP contribution is -2.22. The van der Waals surface area contributed by atoms with Gasteiger partial charge in [-0.05, 0) is 41.1 Å². The van der Waals surface area contributed by atoms with Gasteiger partial charge in [-0.3, -0.25) is 4.57 Å². The maximum atomic E-state index is 5.12. The molecule has 0 saturated carbocycles. The molecule has 1 aromatic heterocycles. The zero-order valence-corrected chi connectivity index (χ0v) is 13.9. The molecule has 0 spiro atoms. The van der Waals surface area contributed by atoms with Gasteiger partial charge in [0.1, 0.15) is 0 Å². The van der Waals surface area contributed by atoms with Crippen molar-refractivity contribution in [3.63, 3.8) is 0 Å². The molecular weight excluding hydrogens is 374 g/mol. The van der Waals surface area contributed by atoms with E-state index in [9.17, 15) is 0 Å². The highest BCUT2D eigenvalue weighted by atomic mass is 79.9. The van der Waals surface area contributed by atoms with E-state index in [1.54, 1.807) is 13.3 Å². The first-order valence-electron chi connectivity index (χ1n) is 5.86. The summed E-state index contributed by atoms with van der Waals surface area (Å²) in [4.78, 5) is 4.35. The Hall–Kier alpha value is -0.850. The van der Waals surface area contributed by atoms with Crippen LogP contribution in [-0.2, 0) is 4.74 Å². The Morgan fingerprint density at radius 1 is 1.42 bits per heavy atom. The predicted octanol–water partition coefficient (Wildman–Crippen LogP) is 3.84. The molecule has 0 aliphatic heterocycles. The summed E-state index contributed by atoms with van der Waals surface area (Å²) in [7, 11) is 1.69. The van der Waals surface area contributed by atoms with Gasteiger partial charge in [-0.25, -0.2) is 4.98 Å². The molecule has 102 valence electrons. The molecule has 0 bridgehead atoms. The SMILES string of the molecule is COCC(C)Nc1nccn1-c1cc(Br)ccc1Br.